The Morgan fingerprint density at radius 3 is 2.22 bits per heavy atom. The maximum atomic E-state index is 12.0. The van der Waals surface area contributed by atoms with Gasteiger partial charge in [-0.2, -0.15) is 8.42 Å². The number of rotatable bonds is 9. The standard InChI is InChI=1S/C12H14O9S.Na.H/c13-3-4-20-5-6-21-22(18,19)10-7-8(11(14)15)1-2-9(10)12(16)17;;/h1-2,7,13H,3-6H2,(H,14,15)(H,16,17);;. The summed E-state index contributed by atoms with van der Waals surface area (Å²) in [6, 6.07) is 2.58. The quantitative estimate of drug-likeness (QED) is 0.291. The number of aliphatic hydroxyl groups is 1. The van der Waals surface area contributed by atoms with Gasteiger partial charge in [0.05, 0.1) is 37.6 Å². The summed E-state index contributed by atoms with van der Waals surface area (Å²) in [7, 11) is -4.47. The summed E-state index contributed by atoms with van der Waals surface area (Å²) in [6.45, 7) is -0.783. The minimum absolute atomic E-state index is 0. The van der Waals surface area contributed by atoms with Gasteiger partial charge < -0.3 is 20.1 Å². The van der Waals surface area contributed by atoms with E-state index in [1.807, 2.05) is 0 Å². The summed E-state index contributed by atoms with van der Waals surface area (Å²) in [5.41, 5.74) is -0.981. The van der Waals surface area contributed by atoms with Crippen molar-refractivity contribution in [3.8, 4) is 0 Å². The maximum absolute atomic E-state index is 12.0. The van der Waals surface area contributed by atoms with Crippen LogP contribution in [0.2, 0.25) is 0 Å². The Kier molecular flexibility index (Phi) is 9.54. The number of carbonyl (C=O) groups is 2. The van der Waals surface area contributed by atoms with Crippen LogP contribution in [-0.4, -0.2) is 91.7 Å². The summed E-state index contributed by atoms with van der Waals surface area (Å²) >= 11 is 0. The average Bonchev–Trinajstić information content (AvgIpc) is 2.46. The van der Waals surface area contributed by atoms with Crippen LogP contribution < -0.4 is 0 Å². The Hall–Kier alpha value is -1.01. The molecule has 23 heavy (non-hydrogen) atoms. The van der Waals surface area contributed by atoms with E-state index >= 15 is 0 Å². The van der Waals surface area contributed by atoms with E-state index in [0.29, 0.717) is 0 Å². The Bertz CT molecular complexity index is 656. The molecule has 0 unspecified atom stereocenters. The molecular formula is C12H15NaO9S. The monoisotopic (exact) mass is 358 g/mol. The number of hydrogen-bond acceptors (Lipinski definition) is 7. The number of benzene rings is 1. The number of carboxylic acid groups (broad SMARTS) is 2. The summed E-state index contributed by atoms with van der Waals surface area (Å²) in [4.78, 5) is 21.2. The molecular weight excluding hydrogens is 343 g/mol. The molecule has 0 spiro atoms. The van der Waals surface area contributed by atoms with Gasteiger partial charge in [-0.05, 0) is 18.2 Å². The van der Waals surface area contributed by atoms with Crippen molar-refractivity contribution < 1.29 is 42.2 Å². The summed E-state index contributed by atoms with van der Waals surface area (Å²) < 4.78 is 33.4. The predicted molar refractivity (Wildman–Crippen MR) is 78.6 cm³/mol. The molecule has 0 saturated carbocycles. The zero-order chi connectivity index (χ0) is 16.8. The van der Waals surface area contributed by atoms with Crippen molar-refractivity contribution in [3.63, 3.8) is 0 Å². The van der Waals surface area contributed by atoms with Crippen molar-refractivity contribution >= 4 is 51.6 Å². The van der Waals surface area contributed by atoms with Crippen molar-refractivity contribution in [1.82, 2.24) is 0 Å². The molecule has 9 nitrogen and oxygen atoms in total. The van der Waals surface area contributed by atoms with Crippen molar-refractivity contribution in [2.45, 2.75) is 4.90 Å². The third-order valence-corrected chi connectivity index (χ3v) is 3.78. The fraction of sp³-hybridized carbons (Fsp3) is 0.333. The van der Waals surface area contributed by atoms with E-state index in [0.717, 1.165) is 18.2 Å². The van der Waals surface area contributed by atoms with E-state index in [9.17, 15) is 18.0 Å². The van der Waals surface area contributed by atoms with Gasteiger partial charge in [0.25, 0.3) is 10.1 Å². The van der Waals surface area contributed by atoms with Crippen LogP contribution in [0.4, 0.5) is 0 Å². The first-order chi connectivity index (χ1) is 10.3. The van der Waals surface area contributed by atoms with Gasteiger partial charge >= 0.3 is 41.5 Å². The number of aromatic carboxylic acids is 2. The molecule has 0 heterocycles. The van der Waals surface area contributed by atoms with Crippen LogP contribution in [0.3, 0.4) is 0 Å². The van der Waals surface area contributed by atoms with E-state index in [1.54, 1.807) is 0 Å². The van der Waals surface area contributed by atoms with Gasteiger partial charge in [-0.1, -0.05) is 0 Å². The van der Waals surface area contributed by atoms with Crippen LogP contribution >= 0.6 is 0 Å². The van der Waals surface area contributed by atoms with Gasteiger partial charge in [0.15, 0.2) is 0 Å². The third-order valence-electron chi connectivity index (χ3n) is 2.43. The number of carboxylic acids is 2. The molecule has 0 atom stereocenters. The van der Waals surface area contributed by atoms with Gasteiger partial charge in [-0.15, -0.1) is 0 Å². The Morgan fingerprint density at radius 1 is 1.04 bits per heavy atom. The molecule has 1 aromatic carbocycles. The van der Waals surface area contributed by atoms with Gasteiger partial charge in [-0.3, -0.25) is 4.18 Å². The minimum atomic E-state index is -4.47. The molecule has 0 aliphatic heterocycles. The number of ether oxygens (including phenoxy) is 1. The van der Waals surface area contributed by atoms with E-state index in [1.165, 1.54) is 0 Å². The van der Waals surface area contributed by atoms with Crippen LogP contribution in [0.5, 0.6) is 0 Å². The molecule has 0 bridgehead atoms. The number of hydrogen-bond donors (Lipinski definition) is 3. The normalized spacial score (nSPS) is 10.8. The summed E-state index contributed by atoms with van der Waals surface area (Å²) in [5.74, 6) is -2.93. The molecule has 1 rings (SSSR count). The summed E-state index contributed by atoms with van der Waals surface area (Å²) in [6.07, 6.45) is 0. The first-order valence-corrected chi connectivity index (χ1v) is 7.39. The van der Waals surface area contributed by atoms with Gasteiger partial charge in [0.1, 0.15) is 4.90 Å². The van der Waals surface area contributed by atoms with Gasteiger partial charge in [-0.25, -0.2) is 9.59 Å². The topological polar surface area (TPSA) is 147 Å². The van der Waals surface area contributed by atoms with Gasteiger partial charge in [0.2, 0.25) is 0 Å². The molecule has 0 fully saturated rings. The second-order valence-corrected chi connectivity index (χ2v) is 5.52. The van der Waals surface area contributed by atoms with Crippen LogP contribution in [-0.2, 0) is 19.0 Å². The van der Waals surface area contributed by atoms with E-state index in [4.69, 9.17) is 20.1 Å². The molecule has 0 aromatic heterocycles. The van der Waals surface area contributed by atoms with Crippen molar-refractivity contribution in [1.29, 1.82) is 0 Å². The molecule has 124 valence electrons. The zero-order valence-electron chi connectivity index (χ0n) is 11.3. The fourth-order valence-electron chi connectivity index (χ4n) is 1.47. The fourth-order valence-corrected chi connectivity index (χ4v) is 2.58. The van der Waals surface area contributed by atoms with Crippen molar-refractivity contribution in [2.24, 2.45) is 0 Å². The van der Waals surface area contributed by atoms with Crippen LogP contribution in [0.1, 0.15) is 20.7 Å². The molecule has 0 amide bonds. The molecule has 0 saturated heterocycles. The van der Waals surface area contributed by atoms with E-state index in [-0.39, 0.29) is 54.9 Å². The second-order valence-electron chi connectivity index (χ2n) is 3.93. The molecule has 0 aliphatic rings. The van der Waals surface area contributed by atoms with Gasteiger partial charge in [0, 0.05) is 0 Å². The molecule has 1 aromatic rings. The zero-order valence-corrected chi connectivity index (χ0v) is 12.1. The van der Waals surface area contributed by atoms with Crippen molar-refractivity contribution in [2.75, 3.05) is 26.4 Å². The molecule has 0 aliphatic carbocycles. The first kappa shape index (κ1) is 22.0. The SMILES string of the molecule is O=C(O)c1ccc(C(=O)O)c(S(=O)(=O)OCCOCCO)c1.[NaH]. The molecule has 3 N–H and O–H groups in total. The Labute approximate surface area is 154 Å². The average molecular weight is 358 g/mol. The van der Waals surface area contributed by atoms with Crippen molar-refractivity contribution in [3.05, 3.63) is 29.3 Å². The van der Waals surface area contributed by atoms with E-state index in [2.05, 4.69) is 4.18 Å². The predicted octanol–water partition coefficient (Wildman–Crippen LogP) is -0.851. The van der Waals surface area contributed by atoms with Crippen LogP contribution in [0.15, 0.2) is 23.1 Å². The van der Waals surface area contributed by atoms with Crippen LogP contribution in [0, 0.1) is 0 Å². The Morgan fingerprint density at radius 2 is 1.70 bits per heavy atom. The molecule has 0 radical (unpaired) electrons. The number of aliphatic hydroxyl groups excluding tert-OH is 1. The third kappa shape index (κ3) is 6.55. The first-order valence-electron chi connectivity index (χ1n) is 5.98. The molecule has 11 heteroatoms. The second kappa shape index (κ2) is 9.98. The van der Waals surface area contributed by atoms with E-state index < -0.39 is 39.1 Å². The van der Waals surface area contributed by atoms with Crippen LogP contribution in [0.25, 0.3) is 0 Å². The Balaban J connectivity index is 0.00000484. The summed E-state index contributed by atoms with van der Waals surface area (Å²) in [5, 5.41) is 26.3.